The molecular formula is C33H34ClN10O12S2+. The van der Waals surface area contributed by atoms with Gasteiger partial charge >= 0.3 is 11.9 Å². The molecule has 3 amide bonds. The summed E-state index contributed by atoms with van der Waals surface area (Å²) in [6.45, 7) is 2.32. The van der Waals surface area contributed by atoms with Crippen molar-refractivity contribution in [3.05, 3.63) is 74.2 Å². The van der Waals surface area contributed by atoms with Crippen LogP contribution in [0.25, 0.3) is 0 Å². The molecule has 0 bridgehead atoms. The number of thiazole rings is 1. The third-order valence-corrected chi connectivity index (χ3v) is 10.8. The van der Waals surface area contributed by atoms with Crippen molar-refractivity contribution >= 4 is 92.5 Å². The average molecular weight is 862 g/mol. The molecule has 0 saturated carbocycles. The van der Waals surface area contributed by atoms with E-state index in [1.54, 1.807) is 6.08 Å². The van der Waals surface area contributed by atoms with Gasteiger partial charge in [-0.2, -0.15) is 4.73 Å². The van der Waals surface area contributed by atoms with E-state index >= 15 is 0 Å². The van der Waals surface area contributed by atoms with Gasteiger partial charge in [-0.25, -0.2) is 19.1 Å². The monoisotopic (exact) mass is 861 g/mol. The second-order valence-electron chi connectivity index (χ2n) is 12.9. The van der Waals surface area contributed by atoms with E-state index in [2.05, 4.69) is 25.8 Å². The summed E-state index contributed by atoms with van der Waals surface area (Å²) < 4.78 is 1.77. The molecule has 1 saturated heterocycles. The van der Waals surface area contributed by atoms with Gasteiger partial charge in [0.2, 0.25) is 22.8 Å². The van der Waals surface area contributed by atoms with Crippen molar-refractivity contribution in [2.45, 2.75) is 44.2 Å². The van der Waals surface area contributed by atoms with Gasteiger partial charge in [-0.05, 0) is 30.5 Å². The molecule has 1 unspecified atom stereocenters. The Kier molecular flexibility index (Phi) is 12.7. The van der Waals surface area contributed by atoms with Crippen LogP contribution in [-0.4, -0.2) is 105 Å². The number of hydrogen-bond donors (Lipinski definition) is 8. The lowest BCUT2D eigenvalue weighted by molar-refractivity contribution is -0.689. The van der Waals surface area contributed by atoms with E-state index in [-0.39, 0.29) is 62.4 Å². The standard InChI is InChI=1S/C33H33ClN10O12S2/c1-33(2,31(53)54)56-41-22(23-25(34)58-32(36)40-23)19(46)8-15-28(50)44-24(30(51)52)14(12-57-29(15)44)4-3-7-42-10-16(26(35)38-13-42)39-21(48)5-6-37-27(49)17-9-18(45)20(47)11-43(17)55/h3-4,9-11,13,15,29,35,55H,5-8,12H2,1-2H3,(H7,36,37,39,40,47,48,49,51,52,53,54)/p+1/b4-3+,41-22+/t15-,29?/m1/s1. The Labute approximate surface area is 339 Å². The molecule has 0 aliphatic carbocycles. The maximum Gasteiger partial charge on any atom is 0.352 e. The minimum Gasteiger partial charge on any atom is -0.503 e. The van der Waals surface area contributed by atoms with Crippen molar-refractivity contribution in [2.24, 2.45) is 11.1 Å². The smallest absolute Gasteiger partial charge is 0.352 e. The zero-order valence-electron chi connectivity index (χ0n) is 30.2. The maximum atomic E-state index is 13.5. The van der Waals surface area contributed by atoms with Crippen molar-refractivity contribution in [1.29, 1.82) is 0 Å². The van der Waals surface area contributed by atoms with Gasteiger partial charge in [-0.3, -0.25) is 28.9 Å². The summed E-state index contributed by atoms with van der Waals surface area (Å²) in [7, 11) is 0. The lowest BCUT2D eigenvalue weighted by atomic mass is 9.89. The molecule has 25 heteroatoms. The summed E-state index contributed by atoms with van der Waals surface area (Å²) >= 11 is 8.28. The van der Waals surface area contributed by atoms with Crippen molar-refractivity contribution in [3.63, 3.8) is 0 Å². The highest BCUT2D eigenvalue weighted by atomic mass is 35.5. The summed E-state index contributed by atoms with van der Waals surface area (Å²) in [6, 6.07) is 0.723. The van der Waals surface area contributed by atoms with Crippen LogP contribution in [0.4, 0.5) is 16.6 Å². The van der Waals surface area contributed by atoms with Crippen molar-refractivity contribution in [2.75, 3.05) is 29.1 Å². The zero-order chi connectivity index (χ0) is 42.6. The average Bonchev–Trinajstić information content (AvgIpc) is 3.49. The first-order valence-corrected chi connectivity index (χ1v) is 18.9. The number of aromatic nitrogens is 4. The van der Waals surface area contributed by atoms with Crippen LogP contribution in [0.2, 0.25) is 4.34 Å². The summed E-state index contributed by atoms with van der Waals surface area (Å²) in [5.74, 6) is -7.23. The molecule has 10 N–H and O–H groups in total. The number of fused-ring (bicyclic) bond motifs is 1. The number of carbonyl (C=O) groups is 6. The number of ketones is 1. The molecule has 5 heterocycles. The summed E-state index contributed by atoms with van der Waals surface area (Å²) in [5, 5.41) is 46.6. The second kappa shape index (κ2) is 17.3. The van der Waals surface area contributed by atoms with Gasteiger partial charge in [-0.15, -0.1) is 11.8 Å². The first-order valence-electron chi connectivity index (χ1n) is 16.7. The van der Waals surface area contributed by atoms with Crippen LogP contribution in [0.1, 0.15) is 42.9 Å². The number of carbonyl (C=O) groups excluding carboxylic acids is 4. The Hall–Kier alpha value is -6.53. The number of pyridine rings is 1. The Morgan fingerprint density at radius 2 is 1.93 bits per heavy atom. The minimum absolute atomic E-state index is 0.00445. The van der Waals surface area contributed by atoms with Gasteiger partial charge in [0.25, 0.3) is 18.1 Å². The predicted octanol–water partition coefficient (Wildman–Crippen LogP) is 0.176. The molecule has 306 valence electrons. The van der Waals surface area contributed by atoms with E-state index in [4.69, 9.17) is 27.9 Å². The number of halogens is 1. The molecule has 1 fully saturated rings. The van der Waals surface area contributed by atoms with Crippen LogP contribution >= 0.6 is 34.7 Å². The SMILES string of the molecule is CC(C)(O/N=C(\C(=O)C[C@@H]1C(=O)N2C(C(=O)O)=C(/C=C/C[n+]3cnc(N)c(NC(=O)CCNC(=O)c4cc(=O)c(O)cn4O)c3)CSC12)c1nc(N)sc1Cl)C(=O)O. The number of Topliss-reactive ketones (excluding diaryl/α,β-unsaturated/α-hetero) is 1. The van der Waals surface area contributed by atoms with Gasteiger partial charge in [0.05, 0.1) is 17.5 Å². The van der Waals surface area contributed by atoms with Crippen LogP contribution in [-0.2, 0) is 35.4 Å². The molecule has 22 nitrogen and oxygen atoms in total. The number of rotatable bonds is 16. The number of β-lactam (4-membered cyclic amide) rings is 1. The fourth-order valence-corrected chi connectivity index (χ4v) is 7.67. The molecule has 3 aromatic heterocycles. The van der Waals surface area contributed by atoms with Gasteiger partial charge in [0.15, 0.2) is 28.1 Å². The molecule has 0 aromatic carbocycles. The first kappa shape index (κ1) is 42.6. The maximum absolute atomic E-state index is 13.5. The van der Waals surface area contributed by atoms with E-state index in [0.29, 0.717) is 11.8 Å². The zero-order valence-corrected chi connectivity index (χ0v) is 32.6. The number of carboxylic acids is 2. The summed E-state index contributed by atoms with van der Waals surface area (Å²) in [6.07, 6.45) is 5.89. The van der Waals surface area contributed by atoms with Gasteiger partial charge in [-0.1, -0.05) is 34.2 Å². The molecule has 2 aliphatic heterocycles. The van der Waals surface area contributed by atoms with Gasteiger partial charge in [0.1, 0.15) is 34.2 Å². The molecular weight excluding hydrogens is 828 g/mol. The van der Waals surface area contributed by atoms with E-state index < -0.39 is 81.3 Å². The second-order valence-corrected chi connectivity index (χ2v) is 15.7. The van der Waals surface area contributed by atoms with Crippen LogP contribution < -0.4 is 32.1 Å². The fraction of sp³-hybridized carbons (Fsp3) is 0.303. The number of nitrogen functional groups attached to an aromatic ring is 2. The van der Waals surface area contributed by atoms with Crippen molar-refractivity contribution in [3.8, 4) is 5.75 Å². The molecule has 2 aliphatic rings. The topological polar surface area (TPSA) is 336 Å². The highest BCUT2D eigenvalue weighted by Gasteiger charge is 2.54. The van der Waals surface area contributed by atoms with Crippen molar-refractivity contribution in [1.82, 2.24) is 24.9 Å². The Bertz CT molecular complexity index is 2380. The molecule has 5 rings (SSSR count). The number of allylic oxidation sites excluding steroid dienone is 2. The number of aliphatic carboxylic acids is 2. The molecule has 0 radical (unpaired) electrons. The molecule has 3 aromatic rings. The Morgan fingerprint density at radius 1 is 1.21 bits per heavy atom. The highest BCUT2D eigenvalue weighted by molar-refractivity contribution is 8.00. The number of nitrogens with zero attached hydrogens (tertiary/aromatic N) is 6. The number of carboxylic acid groups (broad SMARTS) is 2. The lowest BCUT2D eigenvalue weighted by Crippen LogP contribution is -2.62. The van der Waals surface area contributed by atoms with Crippen LogP contribution in [0.15, 0.2) is 58.2 Å². The van der Waals surface area contributed by atoms with Crippen molar-refractivity contribution < 1.29 is 58.7 Å². The number of aromatic hydroxyl groups is 1. The Balaban J connectivity index is 1.22. The normalized spacial score (nSPS) is 16.8. The number of hydrogen-bond acceptors (Lipinski definition) is 17. The predicted molar refractivity (Wildman–Crippen MR) is 205 cm³/mol. The lowest BCUT2D eigenvalue weighted by Gasteiger charge is -2.49. The quantitative estimate of drug-likeness (QED) is 0.0313. The van der Waals surface area contributed by atoms with E-state index in [0.717, 1.165) is 22.3 Å². The van der Waals surface area contributed by atoms with E-state index in [9.17, 15) is 54.1 Å². The van der Waals surface area contributed by atoms with E-state index in [1.807, 2.05) is 0 Å². The number of thioether (sulfide) groups is 1. The number of nitrogens with two attached hydrogens (primary N) is 2. The third kappa shape index (κ3) is 9.35. The van der Waals surface area contributed by atoms with E-state index in [1.165, 1.54) is 48.8 Å². The van der Waals surface area contributed by atoms with Crippen LogP contribution in [0.3, 0.4) is 0 Å². The number of nitrogens with one attached hydrogen (secondary N) is 2. The van der Waals surface area contributed by atoms with Crippen LogP contribution in [0.5, 0.6) is 5.75 Å². The number of anilines is 3. The largest absolute Gasteiger partial charge is 0.503 e. The van der Waals surface area contributed by atoms with Crippen LogP contribution in [0, 0.1) is 5.92 Å². The molecule has 0 spiro atoms. The fourth-order valence-electron chi connectivity index (χ4n) is 5.35. The van der Waals surface area contributed by atoms with Gasteiger partial charge in [0, 0.05) is 31.2 Å². The molecule has 2 atom stereocenters. The summed E-state index contributed by atoms with van der Waals surface area (Å²) in [4.78, 5) is 102. The van der Waals surface area contributed by atoms with Gasteiger partial charge < -0.3 is 47.5 Å². The minimum atomic E-state index is -1.84. The number of oxime groups is 1. The third-order valence-electron chi connectivity index (χ3n) is 8.39. The Morgan fingerprint density at radius 3 is 2.59 bits per heavy atom. The highest BCUT2D eigenvalue weighted by Crippen LogP contribution is 2.45. The summed E-state index contributed by atoms with van der Waals surface area (Å²) in [5.41, 5.74) is 8.00. The number of amides is 3. The molecule has 58 heavy (non-hydrogen) atoms. The first-order chi connectivity index (χ1) is 27.3.